The lowest BCUT2D eigenvalue weighted by molar-refractivity contribution is 0.0162. The molecule has 1 saturated carbocycles. The molecule has 0 bridgehead atoms. The molecular weight excluding hydrogens is 282 g/mol. The van der Waals surface area contributed by atoms with Crippen LogP contribution < -0.4 is 0 Å². The number of hydrogen-bond acceptors (Lipinski definition) is 5. The zero-order valence-corrected chi connectivity index (χ0v) is 13.7. The molecular formula is C16H25N3O3. The lowest BCUT2D eigenvalue weighted by Gasteiger charge is -2.33. The first-order valence-corrected chi connectivity index (χ1v) is 8.21. The number of carbonyl (C=O) groups excluding carboxylic acids is 1. The lowest BCUT2D eigenvalue weighted by Crippen LogP contribution is -2.43. The summed E-state index contributed by atoms with van der Waals surface area (Å²) in [6, 6.07) is 0. The van der Waals surface area contributed by atoms with Gasteiger partial charge >= 0.3 is 6.09 Å². The summed E-state index contributed by atoms with van der Waals surface area (Å²) in [5, 5.41) is 4.05. The van der Waals surface area contributed by atoms with Crippen LogP contribution in [-0.4, -0.2) is 39.8 Å². The maximum absolute atomic E-state index is 12.2. The van der Waals surface area contributed by atoms with Gasteiger partial charge in [-0.3, -0.25) is 0 Å². The molecule has 1 amide bonds. The Morgan fingerprint density at radius 3 is 2.82 bits per heavy atom. The molecule has 6 nitrogen and oxygen atoms in total. The second kappa shape index (κ2) is 5.89. The number of piperidine rings is 1. The van der Waals surface area contributed by atoms with Crippen molar-refractivity contribution in [1.29, 1.82) is 0 Å². The minimum Gasteiger partial charge on any atom is -0.444 e. The molecule has 1 aliphatic heterocycles. The Morgan fingerprint density at radius 2 is 2.14 bits per heavy atom. The molecule has 122 valence electrons. The SMILES string of the molecule is CC(C)(C)OC(=O)N1CCC[C@@H](Cc2nc(C3CC3)no2)C1. The van der Waals surface area contributed by atoms with E-state index in [0.717, 1.165) is 31.6 Å². The van der Waals surface area contributed by atoms with Crippen LogP contribution in [0.3, 0.4) is 0 Å². The number of aromatic nitrogens is 2. The topological polar surface area (TPSA) is 68.5 Å². The molecule has 2 heterocycles. The van der Waals surface area contributed by atoms with Crippen LogP contribution in [0.15, 0.2) is 4.52 Å². The fraction of sp³-hybridized carbons (Fsp3) is 0.812. The van der Waals surface area contributed by atoms with E-state index in [1.807, 2.05) is 20.8 Å². The van der Waals surface area contributed by atoms with Crippen LogP contribution in [0.2, 0.25) is 0 Å². The van der Waals surface area contributed by atoms with Crippen LogP contribution in [0.5, 0.6) is 0 Å². The summed E-state index contributed by atoms with van der Waals surface area (Å²) < 4.78 is 10.8. The highest BCUT2D eigenvalue weighted by Gasteiger charge is 2.31. The van der Waals surface area contributed by atoms with E-state index in [0.29, 0.717) is 24.3 Å². The second-order valence-corrected chi connectivity index (χ2v) is 7.46. The monoisotopic (exact) mass is 307 g/mol. The molecule has 2 fully saturated rings. The van der Waals surface area contributed by atoms with Crippen molar-refractivity contribution in [1.82, 2.24) is 15.0 Å². The number of likely N-dealkylation sites (tertiary alicyclic amines) is 1. The van der Waals surface area contributed by atoms with Crippen molar-refractivity contribution in [3.05, 3.63) is 11.7 Å². The third kappa shape index (κ3) is 3.99. The minimum absolute atomic E-state index is 0.221. The minimum atomic E-state index is -0.449. The Hall–Kier alpha value is -1.59. The Kier molecular flexibility index (Phi) is 4.10. The molecule has 0 radical (unpaired) electrons. The highest BCUT2D eigenvalue weighted by Crippen LogP contribution is 2.38. The van der Waals surface area contributed by atoms with Gasteiger partial charge in [-0.1, -0.05) is 5.16 Å². The van der Waals surface area contributed by atoms with Crippen molar-refractivity contribution in [3.63, 3.8) is 0 Å². The van der Waals surface area contributed by atoms with E-state index in [9.17, 15) is 4.79 Å². The Balaban J connectivity index is 1.54. The molecule has 0 aromatic carbocycles. The maximum Gasteiger partial charge on any atom is 0.410 e. The smallest absolute Gasteiger partial charge is 0.410 e. The van der Waals surface area contributed by atoms with Gasteiger partial charge < -0.3 is 14.2 Å². The zero-order chi connectivity index (χ0) is 15.7. The standard InChI is InChI=1S/C16H25N3O3/c1-16(2,3)21-15(20)19-8-4-5-11(10-19)9-13-17-14(18-22-13)12-6-7-12/h11-12H,4-10H2,1-3H3/t11-/m0/s1. The summed E-state index contributed by atoms with van der Waals surface area (Å²) in [7, 11) is 0. The largest absolute Gasteiger partial charge is 0.444 e. The molecule has 3 rings (SSSR count). The Morgan fingerprint density at radius 1 is 1.36 bits per heavy atom. The molecule has 1 atom stereocenters. The highest BCUT2D eigenvalue weighted by molar-refractivity contribution is 5.68. The van der Waals surface area contributed by atoms with Gasteiger partial charge in [0.1, 0.15) is 5.60 Å². The van der Waals surface area contributed by atoms with Crippen LogP contribution in [-0.2, 0) is 11.2 Å². The van der Waals surface area contributed by atoms with Gasteiger partial charge in [0, 0.05) is 25.4 Å². The average Bonchev–Trinajstić information content (AvgIpc) is 3.18. The van der Waals surface area contributed by atoms with E-state index in [1.165, 1.54) is 12.8 Å². The van der Waals surface area contributed by atoms with Crippen molar-refractivity contribution in [2.45, 2.75) is 64.4 Å². The van der Waals surface area contributed by atoms with Crippen molar-refractivity contribution in [2.75, 3.05) is 13.1 Å². The third-order valence-electron chi connectivity index (χ3n) is 4.06. The fourth-order valence-electron chi connectivity index (χ4n) is 2.83. The summed E-state index contributed by atoms with van der Waals surface area (Å²) in [4.78, 5) is 18.5. The maximum atomic E-state index is 12.2. The number of carbonyl (C=O) groups is 1. The molecule has 0 N–H and O–H groups in total. The van der Waals surface area contributed by atoms with Gasteiger partial charge in [-0.15, -0.1) is 0 Å². The van der Waals surface area contributed by atoms with Gasteiger partial charge in [0.25, 0.3) is 0 Å². The first-order chi connectivity index (χ1) is 10.4. The number of rotatable bonds is 3. The van der Waals surface area contributed by atoms with Gasteiger partial charge in [-0.05, 0) is 52.4 Å². The van der Waals surface area contributed by atoms with Crippen molar-refractivity contribution in [3.8, 4) is 0 Å². The number of ether oxygens (including phenoxy) is 1. The van der Waals surface area contributed by atoms with Gasteiger partial charge in [-0.25, -0.2) is 4.79 Å². The third-order valence-corrected chi connectivity index (χ3v) is 4.06. The predicted octanol–water partition coefficient (Wildman–Crippen LogP) is 3.14. The summed E-state index contributed by atoms with van der Waals surface area (Å²) in [6.45, 7) is 7.15. The first kappa shape index (κ1) is 15.3. The number of hydrogen-bond donors (Lipinski definition) is 0. The van der Waals surface area contributed by atoms with Gasteiger partial charge in [0.15, 0.2) is 5.82 Å². The van der Waals surface area contributed by atoms with E-state index >= 15 is 0 Å². The first-order valence-electron chi connectivity index (χ1n) is 8.21. The molecule has 22 heavy (non-hydrogen) atoms. The summed E-state index contributed by atoms with van der Waals surface area (Å²) >= 11 is 0. The van der Waals surface area contributed by atoms with Crippen LogP contribution in [0.4, 0.5) is 4.79 Å². The average molecular weight is 307 g/mol. The molecule has 0 unspecified atom stereocenters. The van der Waals surface area contributed by atoms with Crippen molar-refractivity contribution < 1.29 is 14.1 Å². The van der Waals surface area contributed by atoms with E-state index in [-0.39, 0.29) is 6.09 Å². The van der Waals surface area contributed by atoms with Crippen LogP contribution >= 0.6 is 0 Å². The van der Waals surface area contributed by atoms with Crippen LogP contribution in [0.1, 0.15) is 64.1 Å². The van der Waals surface area contributed by atoms with E-state index in [2.05, 4.69) is 10.1 Å². The second-order valence-electron chi connectivity index (χ2n) is 7.46. The number of nitrogens with zero attached hydrogens (tertiary/aromatic N) is 3. The summed E-state index contributed by atoms with van der Waals surface area (Å²) in [6.07, 6.45) is 4.96. The molecule has 1 aliphatic carbocycles. The molecule has 1 saturated heterocycles. The van der Waals surface area contributed by atoms with Gasteiger partial charge in [0.05, 0.1) is 0 Å². The Labute approximate surface area is 131 Å². The van der Waals surface area contributed by atoms with Crippen LogP contribution in [0.25, 0.3) is 0 Å². The predicted molar refractivity (Wildman–Crippen MR) is 80.5 cm³/mol. The summed E-state index contributed by atoms with van der Waals surface area (Å²) in [5.74, 6) is 2.45. The summed E-state index contributed by atoms with van der Waals surface area (Å²) in [5.41, 5.74) is -0.449. The van der Waals surface area contributed by atoms with E-state index in [4.69, 9.17) is 9.26 Å². The number of amides is 1. The molecule has 1 aromatic rings. The normalized spacial score (nSPS) is 22.7. The molecule has 0 spiro atoms. The quantitative estimate of drug-likeness (QED) is 0.858. The zero-order valence-electron chi connectivity index (χ0n) is 13.7. The van der Waals surface area contributed by atoms with E-state index < -0.39 is 5.60 Å². The van der Waals surface area contributed by atoms with Gasteiger partial charge in [0.2, 0.25) is 5.89 Å². The van der Waals surface area contributed by atoms with Crippen molar-refractivity contribution in [2.24, 2.45) is 5.92 Å². The fourth-order valence-corrected chi connectivity index (χ4v) is 2.83. The Bertz CT molecular complexity index is 531. The molecule has 6 heteroatoms. The van der Waals surface area contributed by atoms with E-state index in [1.54, 1.807) is 4.90 Å². The highest BCUT2D eigenvalue weighted by atomic mass is 16.6. The van der Waals surface area contributed by atoms with Gasteiger partial charge in [-0.2, -0.15) is 4.98 Å². The molecule has 2 aliphatic rings. The lowest BCUT2D eigenvalue weighted by atomic mass is 9.95. The molecule has 1 aromatic heterocycles. The van der Waals surface area contributed by atoms with Crippen LogP contribution in [0, 0.1) is 5.92 Å². The van der Waals surface area contributed by atoms with Crippen molar-refractivity contribution >= 4 is 6.09 Å².